The molecular formula is C18H32O3Si. The van der Waals surface area contributed by atoms with Gasteiger partial charge in [0.15, 0.2) is 8.32 Å². The fourth-order valence-electron chi connectivity index (χ4n) is 2.37. The predicted octanol–water partition coefficient (Wildman–Crippen LogP) is 4.31. The minimum Gasteiger partial charge on any atom is -0.493 e. The lowest BCUT2D eigenvalue weighted by atomic mass is 9.97. The zero-order valence-corrected chi connectivity index (χ0v) is 15.7. The molecule has 1 unspecified atom stereocenters. The van der Waals surface area contributed by atoms with Gasteiger partial charge in [-0.3, -0.25) is 0 Å². The Kier molecular flexibility index (Phi) is 7.10. The quantitative estimate of drug-likeness (QED) is 0.526. The van der Waals surface area contributed by atoms with Gasteiger partial charge in [0.1, 0.15) is 5.75 Å². The Hall–Kier alpha value is -0.843. The maximum Gasteiger partial charge on any atom is 0.188 e. The Morgan fingerprint density at radius 3 is 2.45 bits per heavy atom. The average molecular weight is 325 g/mol. The van der Waals surface area contributed by atoms with Crippen molar-refractivity contribution in [1.82, 2.24) is 0 Å². The molecule has 0 radical (unpaired) electrons. The molecule has 1 aromatic rings. The summed E-state index contributed by atoms with van der Waals surface area (Å²) < 4.78 is 5.96. The minimum absolute atomic E-state index is 0.0000573. The highest BCUT2D eigenvalue weighted by Gasteiger charge is 2.37. The van der Waals surface area contributed by atoms with E-state index in [1.54, 1.807) is 0 Å². The van der Waals surface area contributed by atoms with E-state index < -0.39 is 8.32 Å². The molecule has 0 aliphatic carbocycles. The van der Waals surface area contributed by atoms with Crippen molar-refractivity contribution >= 4 is 8.32 Å². The van der Waals surface area contributed by atoms with Crippen LogP contribution < -0.4 is 4.74 Å². The molecule has 3 nitrogen and oxygen atoms in total. The average Bonchev–Trinajstić information content (AvgIpc) is 2.43. The number of hydrogen-bond donors (Lipinski definition) is 2. The van der Waals surface area contributed by atoms with Gasteiger partial charge in [0.05, 0.1) is 6.61 Å². The molecule has 0 aromatic heterocycles. The molecule has 2 N–H and O–H groups in total. The van der Waals surface area contributed by atoms with E-state index in [0.717, 1.165) is 30.6 Å². The van der Waals surface area contributed by atoms with Crippen LogP contribution in [0.25, 0.3) is 0 Å². The molecule has 1 atom stereocenters. The second-order valence-electron chi connectivity index (χ2n) is 7.35. The van der Waals surface area contributed by atoms with Gasteiger partial charge < -0.3 is 14.6 Å². The highest BCUT2D eigenvalue weighted by atomic mass is 28.4. The number of aliphatic hydroxyl groups excluding tert-OH is 1. The highest BCUT2D eigenvalue weighted by molar-refractivity contribution is 6.72. The lowest BCUT2D eigenvalue weighted by molar-refractivity contribution is 0.271. The van der Waals surface area contributed by atoms with Crippen molar-refractivity contribution < 1.29 is 14.6 Å². The third-order valence-corrected chi connectivity index (χ3v) is 8.43. The molecule has 0 fully saturated rings. The van der Waals surface area contributed by atoms with Gasteiger partial charge in [0.25, 0.3) is 0 Å². The van der Waals surface area contributed by atoms with Gasteiger partial charge in [-0.15, -0.1) is 0 Å². The number of ether oxygens (including phenoxy) is 1. The molecule has 0 aliphatic heterocycles. The fraction of sp³-hybridized carbons (Fsp3) is 0.667. The number of hydrogen-bond acceptors (Lipinski definition) is 3. The van der Waals surface area contributed by atoms with E-state index in [0.29, 0.717) is 12.5 Å². The number of aliphatic hydroxyl groups is 1. The lowest BCUT2D eigenvalue weighted by Crippen LogP contribution is -2.39. The topological polar surface area (TPSA) is 49.7 Å². The first kappa shape index (κ1) is 19.2. The van der Waals surface area contributed by atoms with Crippen molar-refractivity contribution in [1.29, 1.82) is 0 Å². The molecule has 0 amide bonds. The smallest absolute Gasteiger partial charge is 0.188 e. The molecule has 0 saturated carbocycles. The SMILES string of the molecule is CC(CCO)c1ccccc1OCCCC(C)(C)[Si](C)(C)O. The highest BCUT2D eigenvalue weighted by Crippen LogP contribution is 2.39. The Morgan fingerprint density at radius 1 is 1.23 bits per heavy atom. The molecule has 4 heteroatoms. The summed E-state index contributed by atoms with van der Waals surface area (Å²) in [5, 5.41) is 9.11. The number of para-hydroxylation sites is 1. The lowest BCUT2D eigenvalue weighted by Gasteiger charge is -2.35. The zero-order valence-electron chi connectivity index (χ0n) is 14.7. The molecule has 22 heavy (non-hydrogen) atoms. The summed E-state index contributed by atoms with van der Waals surface area (Å²) in [6.07, 6.45) is 2.65. The van der Waals surface area contributed by atoms with Gasteiger partial charge in [-0.25, -0.2) is 0 Å². The predicted molar refractivity (Wildman–Crippen MR) is 95.0 cm³/mol. The van der Waals surface area contributed by atoms with Crippen LogP contribution in [0.4, 0.5) is 0 Å². The first-order valence-corrected chi connectivity index (χ1v) is 11.2. The molecule has 0 aliphatic rings. The van der Waals surface area contributed by atoms with Crippen LogP contribution in [0.2, 0.25) is 18.1 Å². The van der Waals surface area contributed by atoms with Crippen LogP contribution in [0.1, 0.15) is 51.5 Å². The fourth-order valence-corrected chi connectivity index (χ4v) is 3.16. The van der Waals surface area contributed by atoms with Crippen molar-refractivity contribution in [2.75, 3.05) is 13.2 Å². The van der Waals surface area contributed by atoms with Gasteiger partial charge in [0.2, 0.25) is 0 Å². The molecule has 0 spiro atoms. The Morgan fingerprint density at radius 2 is 1.86 bits per heavy atom. The zero-order chi connectivity index (χ0) is 16.8. The van der Waals surface area contributed by atoms with E-state index in [1.165, 1.54) is 0 Å². The van der Waals surface area contributed by atoms with Crippen LogP contribution in [-0.4, -0.2) is 31.4 Å². The number of benzene rings is 1. The summed E-state index contributed by atoms with van der Waals surface area (Å²) in [6, 6.07) is 8.07. The summed E-state index contributed by atoms with van der Waals surface area (Å²) >= 11 is 0. The second kappa shape index (κ2) is 8.13. The summed E-state index contributed by atoms with van der Waals surface area (Å²) in [5.41, 5.74) is 1.16. The molecule has 1 rings (SSSR count). The van der Waals surface area contributed by atoms with Crippen molar-refractivity contribution in [3.8, 4) is 5.75 Å². The van der Waals surface area contributed by atoms with Crippen LogP contribution in [-0.2, 0) is 0 Å². The van der Waals surface area contributed by atoms with Gasteiger partial charge in [-0.2, -0.15) is 0 Å². The second-order valence-corrected chi connectivity index (χ2v) is 11.8. The minimum atomic E-state index is -2.14. The molecule has 0 saturated heterocycles. The normalized spacial score (nSPS) is 14.0. The molecule has 0 heterocycles. The van der Waals surface area contributed by atoms with Crippen molar-refractivity contribution in [3.05, 3.63) is 29.8 Å². The Balaban J connectivity index is 2.56. The van der Waals surface area contributed by atoms with Gasteiger partial charge in [-0.05, 0) is 54.9 Å². The summed E-state index contributed by atoms with van der Waals surface area (Å²) in [7, 11) is -2.14. The van der Waals surface area contributed by atoms with Crippen LogP contribution in [0.5, 0.6) is 5.75 Å². The summed E-state index contributed by atoms with van der Waals surface area (Å²) in [5.74, 6) is 1.21. The van der Waals surface area contributed by atoms with Gasteiger partial charge >= 0.3 is 0 Å². The monoisotopic (exact) mass is 324 g/mol. The molecular weight excluding hydrogens is 292 g/mol. The van der Waals surface area contributed by atoms with Crippen molar-refractivity contribution in [2.45, 2.75) is 64.1 Å². The van der Waals surface area contributed by atoms with Gasteiger partial charge in [-0.1, -0.05) is 39.0 Å². The third kappa shape index (κ3) is 5.41. The summed E-state index contributed by atoms with van der Waals surface area (Å²) in [6.45, 7) is 11.3. The van der Waals surface area contributed by atoms with Gasteiger partial charge in [0, 0.05) is 6.61 Å². The third-order valence-electron chi connectivity index (χ3n) is 4.87. The maximum atomic E-state index is 10.3. The Bertz CT molecular complexity index is 452. The van der Waals surface area contributed by atoms with Crippen LogP contribution in [0.3, 0.4) is 0 Å². The first-order valence-electron chi connectivity index (χ1n) is 8.24. The largest absolute Gasteiger partial charge is 0.493 e. The van der Waals surface area contributed by atoms with E-state index in [2.05, 4.69) is 26.8 Å². The standard InChI is InChI=1S/C18H32O3Si/c1-15(11-13-19)16-9-6-7-10-17(16)21-14-8-12-18(2,3)22(4,5)20/h6-7,9-10,15,19-20H,8,11-14H2,1-5H3. The number of rotatable bonds is 9. The first-order chi connectivity index (χ1) is 10.2. The van der Waals surface area contributed by atoms with Crippen LogP contribution >= 0.6 is 0 Å². The van der Waals surface area contributed by atoms with Crippen molar-refractivity contribution in [3.63, 3.8) is 0 Å². The van der Waals surface area contributed by atoms with E-state index >= 15 is 0 Å². The van der Waals surface area contributed by atoms with Crippen LogP contribution in [0.15, 0.2) is 24.3 Å². The Labute approximate surface area is 136 Å². The molecule has 126 valence electrons. The molecule has 0 bridgehead atoms. The maximum absolute atomic E-state index is 10.3. The van der Waals surface area contributed by atoms with Crippen LogP contribution in [0, 0.1) is 0 Å². The van der Waals surface area contributed by atoms with E-state index in [9.17, 15) is 4.80 Å². The molecule has 1 aromatic carbocycles. The van der Waals surface area contributed by atoms with E-state index in [1.807, 2.05) is 31.3 Å². The summed E-state index contributed by atoms with van der Waals surface area (Å²) in [4.78, 5) is 10.3. The van der Waals surface area contributed by atoms with E-state index in [-0.39, 0.29) is 11.6 Å². The van der Waals surface area contributed by atoms with E-state index in [4.69, 9.17) is 9.84 Å². The van der Waals surface area contributed by atoms with Crippen molar-refractivity contribution in [2.24, 2.45) is 0 Å².